The predicted octanol–water partition coefficient (Wildman–Crippen LogP) is 13.8. The Morgan fingerprint density at radius 2 is 0.604 bits per heavy atom. The van der Waals surface area contributed by atoms with E-state index < -0.39 is 12.6 Å². The fourth-order valence-corrected chi connectivity index (χ4v) is 5.77. The van der Waals surface area contributed by atoms with Crippen molar-refractivity contribution in [2.24, 2.45) is 0 Å². The highest BCUT2D eigenvalue weighted by Gasteiger charge is 2.14. The SMILES string of the molecule is CCCCCOC(C=CCCCCC(OCCCCC)OCCCCC)OC(C=CCCCCC(OCCCCC)OCCCCC)OCCCCC. The van der Waals surface area contributed by atoms with E-state index in [2.05, 4.69) is 65.8 Å². The molecule has 0 aromatic heterocycles. The van der Waals surface area contributed by atoms with Crippen LogP contribution in [-0.2, 0) is 33.2 Å². The molecule has 7 nitrogen and oxygen atoms in total. The largest absolute Gasteiger partial charge is 0.353 e. The van der Waals surface area contributed by atoms with E-state index in [9.17, 15) is 0 Å². The maximum absolute atomic E-state index is 6.46. The lowest BCUT2D eigenvalue weighted by Crippen LogP contribution is -2.25. The molecular weight excluding hydrogens is 664 g/mol. The number of unbranched alkanes of at least 4 members (excludes halogenated alkanes) is 16. The second-order valence-electron chi connectivity index (χ2n) is 14.6. The summed E-state index contributed by atoms with van der Waals surface area (Å²) in [5.74, 6) is 0. The second-order valence-corrected chi connectivity index (χ2v) is 14.6. The van der Waals surface area contributed by atoms with Crippen LogP contribution in [-0.4, -0.2) is 64.8 Å². The molecule has 0 aliphatic rings. The van der Waals surface area contributed by atoms with E-state index in [1.165, 1.54) is 64.2 Å². The molecule has 0 aliphatic heterocycles. The van der Waals surface area contributed by atoms with Crippen LogP contribution in [0.3, 0.4) is 0 Å². The van der Waals surface area contributed by atoms with Crippen molar-refractivity contribution in [3.8, 4) is 0 Å². The minimum Gasteiger partial charge on any atom is -0.353 e. The lowest BCUT2D eigenvalue weighted by molar-refractivity contribution is -0.208. The molecule has 0 heterocycles. The third-order valence-electron chi connectivity index (χ3n) is 9.24. The summed E-state index contributed by atoms with van der Waals surface area (Å²) in [6, 6.07) is 0. The highest BCUT2D eigenvalue weighted by atomic mass is 16.8. The third-order valence-corrected chi connectivity index (χ3v) is 9.24. The molecule has 2 atom stereocenters. The van der Waals surface area contributed by atoms with Gasteiger partial charge in [-0.25, -0.2) is 0 Å². The fourth-order valence-electron chi connectivity index (χ4n) is 5.77. The standard InChI is InChI=1S/C46H90O7/c1-7-13-27-37-47-43(48-38-28-14-8-2)33-23-19-21-25-35-45(51-41-31-17-11-5)53-46(52-42-32-18-12-6)36-26-22-20-24-34-44(49-39-29-15-9-3)50-40-30-16-10-4/h25-26,35-36,43-46H,7-24,27-34,37-42H2,1-6H3. The lowest BCUT2D eigenvalue weighted by Gasteiger charge is -2.22. The molecule has 0 saturated heterocycles. The van der Waals surface area contributed by atoms with Crippen LogP contribution in [0.5, 0.6) is 0 Å². The molecule has 0 aromatic carbocycles. The Morgan fingerprint density at radius 3 is 0.887 bits per heavy atom. The van der Waals surface area contributed by atoms with Gasteiger partial charge in [-0.15, -0.1) is 0 Å². The summed E-state index contributed by atoms with van der Waals surface area (Å²) in [4.78, 5) is 0. The van der Waals surface area contributed by atoms with E-state index in [0.29, 0.717) is 13.2 Å². The number of allylic oxidation sites excluding steroid dienone is 2. The molecule has 316 valence electrons. The van der Waals surface area contributed by atoms with Crippen LogP contribution in [0.4, 0.5) is 0 Å². The van der Waals surface area contributed by atoms with Crippen molar-refractivity contribution in [3.05, 3.63) is 24.3 Å². The molecule has 0 bridgehead atoms. The highest BCUT2D eigenvalue weighted by molar-refractivity contribution is 4.90. The van der Waals surface area contributed by atoms with Crippen LogP contribution < -0.4 is 0 Å². The van der Waals surface area contributed by atoms with Gasteiger partial charge < -0.3 is 33.2 Å². The van der Waals surface area contributed by atoms with Crippen molar-refractivity contribution < 1.29 is 33.2 Å². The molecule has 0 radical (unpaired) electrons. The van der Waals surface area contributed by atoms with Gasteiger partial charge in [-0.05, 0) is 102 Å². The summed E-state index contributed by atoms with van der Waals surface area (Å²) in [6.07, 6.45) is 36.5. The van der Waals surface area contributed by atoms with Gasteiger partial charge in [0.05, 0.1) is 13.2 Å². The van der Waals surface area contributed by atoms with Gasteiger partial charge in [0.15, 0.2) is 25.2 Å². The molecular formula is C46H90O7. The molecule has 0 rings (SSSR count). The monoisotopic (exact) mass is 755 g/mol. The molecule has 0 N–H and O–H groups in total. The number of hydrogen-bond acceptors (Lipinski definition) is 7. The van der Waals surface area contributed by atoms with E-state index in [1.807, 2.05) is 0 Å². The molecule has 0 spiro atoms. The van der Waals surface area contributed by atoms with Gasteiger partial charge in [-0.3, -0.25) is 0 Å². The Balaban J connectivity index is 5.09. The zero-order valence-corrected chi connectivity index (χ0v) is 36.1. The van der Waals surface area contributed by atoms with Crippen molar-refractivity contribution in [2.45, 2.75) is 234 Å². The maximum Gasteiger partial charge on any atom is 0.180 e. The molecule has 0 aliphatic carbocycles. The van der Waals surface area contributed by atoms with Crippen molar-refractivity contribution in [1.82, 2.24) is 0 Å². The first kappa shape index (κ1) is 52.2. The Hall–Kier alpha value is -0.800. The van der Waals surface area contributed by atoms with Crippen LogP contribution in [0.2, 0.25) is 0 Å². The summed E-state index contributed by atoms with van der Waals surface area (Å²) in [5, 5.41) is 0. The highest BCUT2D eigenvalue weighted by Crippen LogP contribution is 2.15. The van der Waals surface area contributed by atoms with E-state index in [1.54, 1.807) is 0 Å². The van der Waals surface area contributed by atoms with Crippen LogP contribution in [0.1, 0.15) is 208 Å². The third kappa shape index (κ3) is 37.9. The van der Waals surface area contributed by atoms with Gasteiger partial charge in [-0.1, -0.05) is 131 Å². The van der Waals surface area contributed by atoms with Gasteiger partial charge >= 0.3 is 0 Å². The Kier molecular flexibility index (Phi) is 43.3. The van der Waals surface area contributed by atoms with Gasteiger partial charge in [0.25, 0.3) is 0 Å². The zero-order chi connectivity index (χ0) is 38.7. The lowest BCUT2D eigenvalue weighted by atomic mass is 10.1. The smallest absolute Gasteiger partial charge is 0.180 e. The fraction of sp³-hybridized carbons (Fsp3) is 0.913. The molecule has 7 heteroatoms. The molecule has 0 amide bonds. The average molecular weight is 755 g/mol. The van der Waals surface area contributed by atoms with Crippen LogP contribution in [0.25, 0.3) is 0 Å². The van der Waals surface area contributed by atoms with E-state index in [-0.39, 0.29) is 12.6 Å². The Morgan fingerprint density at radius 1 is 0.321 bits per heavy atom. The quantitative estimate of drug-likeness (QED) is 0.0349. The first-order valence-corrected chi connectivity index (χ1v) is 22.8. The molecule has 2 unspecified atom stereocenters. The predicted molar refractivity (Wildman–Crippen MR) is 224 cm³/mol. The maximum atomic E-state index is 6.46. The van der Waals surface area contributed by atoms with Crippen LogP contribution in [0, 0.1) is 0 Å². The average Bonchev–Trinajstić information content (AvgIpc) is 3.17. The topological polar surface area (TPSA) is 64.6 Å². The minimum atomic E-state index is -0.431. The summed E-state index contributed by atoms with van der Waals surface area (Å²) in [6.45, 7) is 17.9. The summed E-state index contributed by atoms with van der Waals surface area (Å²) >= 11 is 0. The van der Waals surface area contributed by atoms with Gasteiger partial charge in [0.1, 0.15) is 0 Å². The molecule has 53 heavy (non-hydrogen) atoms. The summed E-state index contributed by atoms with van der Waals surface area (Å²) in [5.41, 5.74) is 0. The summed E-state index contributed by atoms with van der Waals surface area (Å²) in [7, 11) is 0. The minimum absolute atomic E-state index is 0.0859. The molecule has 0 fully saturated rings. The second kappa shape index (κ2) is 43.9. The Bertz CT molecular complexity index is 661. The van der Waals surface area contributed by atoms with Crippen LogP contribution >= 0.6 is 0 Å². The van der Waals surface area contributed by atoms with Crippen molar-refractivity contribution >= 4 is 0 Å². The van der Waals surface area contributed by atoms with Gasteiger partial charge in [0, 0.05) is 26.4 Å². The van der Waals surface area contributed by atoms with E-state index in [4.69, 9.17) is 33.2 Å². The van der Waals surface area contributed by atoms with E-state index in [0.717, 1.165) is 129 Å². The first-order chi connectivity index (χ1) is 26.1. The molecule has 0 saturated carbocycles. The first-order valence-electron chi connectivity index (χ1n) is 22.8. The normalized spacial score (nSPS) is 13.4. The van der Waals surface area contributed by atoms with E-state index >= 15 is 0 Å². The van der Waals surface area contributed by atoms with Gasteiger partial charge in [-0.2, -0.15) is 0 Å². The number of ether oxygens (including phenoxy) is 7. The van der Waals surface area contributed by atoms with Crippen molar-refractivity contribution in [3.63, 3.8) is 0 Å². The van der Waals surface area contributed by atoms with Gasteiger partial charge in [0.2, 0.25) is 0 Å². The Labute approximate surface area is 330 Å². The summed E-state index contributed by atoms with van der Waals surface area (Å²) < 4.78 is 43.4. The van der Waals surface area contributed by atoms with Crippen molar-refractivity contribution in [2.75, 3.05) is 39.6 Å². The van der Waals surface area contributed by atoms with Crippen molar-refractivity contribution in [1.29, 1.82) is 0 Å². The number of rotatable bonds is 44. The van der Waals surface area contributed by atoms with Crippen LogP contribution in [0.15, 0.2) is 24.3 Å². The zero-order valence-electron chi connectivity index (χ0n) is 36.1. The number of hydrogen-bond donors (Lipinski definition) is 0. The molecule has 0 aromatic rings.